The van der Waals surface area contributed by atoms with Crippen molar-refractivity contribution in [3.05, 3.63) is 45.8 Å². The molecule has 0 aliphatic carbocycles. The quantitative estimate of drug-likeness (QED) is 0.834. The predicted molar refractivity (Wildman–Crippen MR) is 98.3 cm³/mol. The van der Waals surface area contributed by atoms with E-state index in [-0.39, 0.29) is 11.6 Å². The maximum Gasteiger partial charge on any atom is 0.267 e. The van der Waals surface area contributed by atoms with Gasteiger partial charge in [0.1, 0.15) is 11.6 Å². The fourth-order valence-electron chi connectivity index (χ4n) is 3.71. The molecule has 4 rings (SSSR count). The highest BCUT2D eigenvalue weighted by molar-refractivity contribution is 5.40. The number of nitrogens with zero attached hydrogens (tertiary/aromatic N) is 5. The Morgan fingerprint density at radius 3 is 3.12 bits per heavy atom. The first-order valence-electron chi connectivity index (χ1n) is 9.39. The molecule has 0 spiro atoms. The standard InChI is InChI=1S/C19H25N5O2/c1-13(2)19-20-7-5-17(21-19)23-8-3-4-15(23)11-24-18(25)10-14-12-26-9-6-16(14)22-24/h5,7,10,13,15H,3-4,6,8-9,11-12H2,1-2H3. The van der Waals surface area contributed by atoms with Gasteiger partial charge in [-0.05, 0) is 18.9 Å². The SMILES string of the molecule is CC(C)c1nccc(N2CCCC2Cn2nc3c(cc2=O)COCC3)n1. The van der Waals surface area contributed by atoms with Gasteiger partial charge in [-0.25, -0.2) is 14.6 Å². The van der Waals surface area contributed by atoms with Gasteiger partial charge in [0, 0.05) is 36.7 Å². The van der Waals surface area contributed by atoms with Gasteiger partial charge in [0.05, 0.1) is 31.5 Å². The van der Waals surface area contributed by atoms with Gasteiger partial charge in [-0.2, -0.15) is 5.10 Å². The summed E-state index contributed by atoms with van der Waals surface area (Å²) in [5.74, 6) is 2.10. The van der Waals surface area contributed by atoms with E-state index in [4.69, 9.17) is 9.72 Å². The van der Waals surface area contributed by atoms with Crippen LogP contribution in [0.1, 0.15) is 49.7 Å². The van der Waals surface area contributed by atoms with Crippen molar-refractivity contribution in [2.75, 3.05) is 18.1 Å². The number of ether oxygens (including phenoxy) is 1. The molecule has 0 N–H and O–H groups in total. The van der Waals surface area contributed by atoms with Crippen molar-refractivity contribution in [2.24, 2.45) is 0 Å². The van der Waals surface area contributed by atoms with Crippen molar-refractivity contribution in [1.29, 1.82) is 0 Å². The molecule has 4 heterocycles. The minimum atomic E-state index is -0.0494. The summed E-state index contributed by atoms with van der Waals surface area (Å²) in [6, 6.07) is 3.88. The topological polar surface area (TPSA) is 73.1 Å². The summed E-state index contributed by atoms with van der Waals surface area (Å²) in [5, 5.41) is 4.61. The van der Waals surface area contributed by atoms with Crippen molar-refractivity contribution in [3.8, 4) is 0 Å². The maximum absolute atomic E-state index is 12.5. The maximum atomic E-state index is 12.5. The average molecular weight is 355 g/mol. The Labute approximate surface area is 153 Å². The molecule has 2 aliphatic heterocycles. The monoisotopic (exact) mass is 355 g/mol. The molecule has 0 amide bonds. The summed E-state index contributed by atoms with van der Waals surface area (Å²) in [6.45, 7) is 6.90. The number of hydrogen-bond acceptors (Lipinski definition) is 6. The molecule has 1 saturated heterocycles. The smallest absolute Gasteiger partial charge is 0.267 e. The minimum absolute atomic E-state index is 0.0494. The first kappa shape index (κ1) is 17.1. The molecule has 7 heteroatoms. The zero-order valence-electron chi connectivity index (χ0n) is 15.4. The van der Waals surface area contributed by atoms with Crippen LogP contribution < -0.4 is 10.5 Å². The number of rotatable bonds is 4. The Bertz CT molecular complexity index is 848. The van der Waals surface area contributed by atoms with Crippen LogP contribution in [0.2, 0.25) is 0 Å². The fraction of sp³-hybridized carbons (Fsp3) is 0.579. The average Bonchev–Trinajstić information content (AvgIpc) is 3.10. The molecule has 0 aromatic carbocycles. The van der Waals surface area contributed by atoms with Crippen LogP contribution in [0.5, 0.6) is 0 Å². The first-order valence-corrected chi connectivity index (χ1v) is 9.39. The summed E-state index contributed by atoms with van der Waals surface area (Å²) in [4.78, 5) is 23.9. The van der Waals surface area contributed by atoms with E-state index in [9.17, 15) is 4.79 Å². The van der Waals surface area contributed by atoms with E-state index in [0.29, 0.717) is 25.7 Å². The molecule has 1 unspecified atom stereocenters. The van der Waals surface area contributed by atoms with Crippen LogP contribution in [-0.2, 0) is 24.3 Å². The molecule has 2 aromatic rings. The summed E-state index contributed by atoms with van der Waals surface area (Å²) in [6.07, 6.45) is 4.73. The van der Waals surface area contributed by atoms with E-state index in [1.165, 1.54) is 0 Å². The number of fused-ring (bicyclic) bond motifs is 1. The van der Waals surface area contributed by atoms with Crippen LogP contribution in [0.3, 0.4) is 0 Å². The zero-order valence-corrected chi connectivity index (χ0v) is 15.4. The second kappa shape index (κ2) is 7.15. The van der Waals surface area contributed by atoms with E-state index in [1.54, 1.807) is 10.7 Å². The Kier molecular flexibility index (Phi) is 4.72. The number of anilines is 1. The molecule has 7 nitrogen and oxygen atoms in total. The highest BCUT2D eigenvalue weighted by atomic mass is 16.5. The first-order chi connectivity index (χ1) is 12.6. The normalized spacial score (nSPS) is 19.8. The summed E-state index contributed by atoms with van der Waals surface area (Å²) in [5.41, 5.74) is 1.87. The van der Waals surface area contributed by atoms with E-state index in [2.05, 4.69) is 28.8 Å². The molecule has 2 aromatic heterocycles. The van der Waals surface area contributed by atoms with E-state index in [1.807, 2.05) is 12.3 Å². The molecule has 0 radical (unpaired) electrons. The zero-order chi connectivity index (χ0) is 18.1. The van der Waals surface area contributed by atoms with Gasteiger partial charge in [0.25, 0.3) is 5.56 Å². The third-order valence-corrected chi connectivity index (χ3v) is 5.14. The highest BCUT2D eigenvalue weighted by Crippen LogP contribution is 2.25. The van der Waals surface area contributed by atoms with Crippen LogP contribution in [0.4, 0.5) is 5.82 Å². The lowest BCUT2D eigenvalue weighted by molar-refractivity contribution is 0.108. The second-order valence-electron chi connectivity index (χ2n) is 7.36. The molecular formula is C19H25N5O2. The summed E-state index contributed by atoms with van der Waals surface area (Å²) < 4.78 is 7.04. The highest BCUT2D eigenvalue weighted by Gasteiger charge is 2.27. The van der Waals surface area contributed by atoms with Crippen LogP contribution in [0, 0.1) is 0 Å². The third kappa shape index (κ3) is 3.35. The van der Waals surface area contributed by atoms with E-state index in [0.717, 1.165) is 48.7 Å². The van der Waals surface area contributed by atoms with E-state index >= 15 is 0 Å². The van der Waals surface area contributed by atoms with Crippen molar-refractivity contribution < 1.29 is 4.74 Å². The lowest BCUT2D eigenvalue weighted by Gasteiger charge is -2.27. The van der Waals surface area contributed by atoms with Crippen molar-refractivity contribution in [1.82, 2.24) is 19.7 Å². The van der Waals surface area contributed by atoms with Gasteiger partial charge in [-0.3, -0.25) is 4.79 Å². The molecule has 2 aliphatic rings. The lowest BCUT2D eigenvalue weighted by Crippen LogP contribution is -2.38. The molecular weight excluding hydrogens is 330 g/mol. The summed E-state index contributed by atoms with van der Waals surface area (Å²) in [7, 11) is 0. The summed E-state index contributed by atoms with van der Waals surface area (Å²) >= 11 is 0. The molecule has 1 fully saturated rings. The van der Waals surface area contributed by atoms with Crippen LogP contribution in [0.15, 0.2) is 23.1 Å². The van der Waals surface area contributed by atoms with Crippen LogP contribution >= 0.6 is 0 Å². The Morgan fingerprint density at radius 2 is 2.27 bits per heavy atom. The van der Waals surface area contributed by atoms with Gasteiger partial charge < -0.3 is 9.64 Å². The van der Waals surface area contributed by atoms with Crippen LogP contribution in [-0.4, -0.2) is 38.9 Å². The fourth-order valence-corrected chi connectivity index (χ4v) is 3.71. The molecule has 0 saturated carbocycles. The Balaban J connectivity index is 1.58. The number of aromatic nitrogens is 4. The van der Waals surface area contributed by atoms with Crippen molar-refractivity contribution in [3.63, 3.8) is 0 Å². The van der Waals surface area contributed by atoms with Gasteiger partial charge in [0.15, 0.2) is 0 Å². The van der Waals surface area contributed by atoms with Gasteiger partial charge in [0.2, 0.25) is 0 Å². The Morgan fingerprint density at radius 1 is 1.38 bits per heavy atom. The van der Waals surface area contributed by atoms with Gasteiger partial charge >= 0.3 is 0 Å². The Hall–Kier alpha value is -2.28. The molecule has 0 bridgehead atoms. The molecule has 138 valence electrons. The predicted octanol–water partition coefficient (Wildman–Crippen LogP) is 1.90. The number of hydrogen-bond donors (Lipinski definition) is 0. The van der Waals surface area contributed by atoms with Crippen LogP contribution in [0.25, 0.3) is 0 Å². The molecule has 26 heavy (non-hydrogen) atoms. The van der Waals surface area contributed by atoms with Crippen molar-refractivity contribution >= 4 is 5.82 Å². The largest absolute Gasteiger partial charge is 0.376 e. The van der Waals surface area contributed by atoms with Gasteiger partial charge in [-0.1, -0.05) is 13.8 Å². The van der Waals surface area contributed by atoms with Gasteiger partial charge in [-0.15, -0.1) is 0 Å². The molecule has 1 atom stereocenters. The third-order valence-electron chi connectivity index (χ3n) is 5.14. The van der Waals surface area contributed by atoms with Crippen molar-refractivity contribution in [2.45, 2.75) is 58.2 Å². The lowest BCUT2D eigenvalue weighted by atomic mass is 10.1. The van der Waals surface area contributed by atoms with E-state index < -0.39 is 0 Å². The minimum Gasteiger partial charge on any atom is -0.376 e. The second-order valence-corrected chi connectivity index (χ2v) is 7.36.